The number of para-hydroxylation sites is 2. The van der Waals surface area contributed by atoms with Crippen molar-refractivity contribution < 1.29 is 18.7 Å². The Morgan fingerprint density at radius 1 is 1.27 bits per heavy atom. The predicted octanol–water partition coefficient (Wildman–Crippen LogP) is 1.74. The molecule has 3 rings (SSSR count). The number of carbonyl (C=O) groups is 2. The summed E-state index contributed by atoms with van der Waals surface area (Å²) in [5.74, 6) is 0.211. The van der Waals surface area contributed by atoms with Gasteiger partial charge in [0.05, 0.1) is 18.5 Å². The van der Waals surface area contributed by atoms with Crippen molar-refractivity contribution >= 4 is 17.5 Å². The molecule has 0 bridgehead atoms. The fourth-order valence-corrected chi connectivity index (χ4v) is 2.44. The maximum atomic E-state index is 12.7. The fourth-order valence-electron chi connectivity index (χ4n) is 2.44. The standard InChI is InChI=1S/C16H16N2O4/c1-10-7-8-21-14(10)16(20)18-9-13(15(19)17-2)22-12-6-4-3-5-11(12)18/h3-8,13H,9H2,1-2H3,(H,17,19)/t13-/m0/s1. The maximum absolute atomic E-state index is 12.7. The number of carbonyl (C=O) groups excluding carboxylic acids is 2. The lowest BCUT2D eigenvalue weighted by atomic mass is 10.1. The Morgan fingerprint density at radius 3 is 2.73 bits per heavy atom. The van der Waals surface area contributed by atoms with E-state index in [1.54, 1.807) is 31.2 Å². The van der Waals surface area contributed by atoms with Gasteiger partial charge in [-0.2, -0.15) is 0 Å². The van der Waals surface area contributed by atoms with Gasteiger partial charge in [-0.3, -0.25) is 14.5 Å². The predicted molar refractivity (Wildman–Crippen MR) is 80.0 cm³/mol. The molecule has 1 aromatic heterocycles. The van der Waals surface area contributed by atoms with Gasteiger partial charge in [0.15, 0.2) is 11.9 Å². The van der Waals surface area contributed by atoms with Crippen LogP contribution in [-0.4, -0.2) is 31.5 Å². The first kappa shape index (κ1) is 14.2. The zero-order valence-electron chi connectivity index (χ0n) is 12.3. The topological polar surface area (TPSA) is 71.8 Å². The Labute approximate surface area is 127 Å². The molecular formula is C16H16N2O4. The van der Waals surface area contributed by atoms with Crippen molar-refractivity contribution in [1.82, 2.24) is 5.32 Å². The van der Waals surface area contributed by atoms with Crippen LogP contribution in [0.3, 0.4) is 0 Å². The van der Waals surface area contributed by atoms with E-state index in [2.05, 4.69) is 5.32 Å². The van der Waals surface area contributed by atoms with E-state index >= 15 is 0 Å². The third kappa shape index (κ3) is 2.32. The van der Waals surface area contributed by atoms with Crippen molar-refractivity contribution in [1.29, 1.82) is 0 Å². The molecule has 6 heteroatoms. The van der Waals surface area contributed by atoms with Crippen LogP contribution in [0.1, 0.15) is 16.1 Å². The van der Waals surface area contributed by atoms with Crippen molar-refractivity contribution in [3.63, 3.8) is 0 Å². The Bertz CT molecular complexity index is 722. The van der Waals surface area contributed by atoms with Gasteiger partial charge < -0.3 is 14.5 Å². The number of anilines is 1. The molecular weight excluding hydrogens is 284 g/mol. The molecule has 114 valence electrons. The molecule has 6 nitrogen and oxygen atoms in total. The van der Waals surface area contributed by atoms with Crippen LogP contribution in [0.5, 0.6) is 5.75 Å². The molecule has 0 spiro atoms. The number of hydrogen-bond donors (Lipinski definition) is 1. The molecule has 0 radical (unpaired) electrons. The molecule has 0 saturated carbocycles. The van der Waals surface area contributed by atoms with Gasteiger partial charge in [-0.25, -0.2) is 0 Å². The number of nitrogens with zero attached hydrogens (tertiary/aromatic N) is 1. The van der Waals surface area contributed by atoms with E-state index in [0.717, 1.165) is 5.56 Å². The summed E-state index contributed by atoms with van der Waals surface area (Å²) in [5, 5.41) is 2.55. The number of rotatable bonds is 2. The SMILES string of the molecule is CNC(=O)[C@@H]1CN(C(=O)c2occc2C)c2ccccc2O1. The zero-order valence-corrected chi connectivity index (χ0v) is 12.3. The van der Waals surface area contributed by atoms with E-state index in [0.29, 0.717) is 11.4 Å². The fraction of sp³-hybridized carbons (Fsp3) is 0.250. The summed E-state index contributed by atoms with van der Waals surface area (Å²) in [4.78, 5) is 26.2. The van der Waals surface area contributed by atoms with E-state index in [1.807, 2.05) is 6.07 Å². The third-order valence-electron chi connectivity index (χ3n) is 3.61. The number of benzene rings is 1. The Kier molecular flexibility index (Phi) is 3.58. The van der Waals surface area contributed by atoms with Crippen LogP contribution >= 0.6 is 0 Å². The molecule has 22 heavy (non-hydrogen) atoms. The van der Waals surface area contributed by atoms with Gasteiger partial charge in [0, 0.05) is 12.6 Å². The van der Waals surface area contributed by atoms with E-state index in [4.69, 9.17) is 9.15 Å². The van der Waals surface area contributed by atoms with Crippen LogP contribution in [-0.2, 0) is 4.79 Å². The average Bonchev–Trinajstić information content (AvgIpc) is 2.98. The van der Waals surface area contributed by atoms with Crippen molar-refractivity contribution in [2.75, 3.05) is 18.5 Å². The van der Waals surface area contributed by atoms with Gasteiger partial charge in [0.1, 0.15) is 5.75 Å². The molecule has 0 unspecified atom stereocenters. The smallest absolute Gasteiger partial charge is 0.294 e. The monoisotopic (exact) mass is 300 g/mol. The zero-order chi connectivity index (χ0) is 15.7. The lowest BCUT2D eigenvalue weighted by molar-refractivity contribution is -0.127. The number of fused-ring (bicyclic) bond motifs is 1. The Morgan fingerprint density at radius 2 is 2.05 bits per heavy atom. The van der Waals surface area contributed by atoms with Gasteiger partial charge in [0.2, 0.25) is 0 Å². The van der Waals surface area contributed by atoms with Gasteiger partial charge in [-0.1, -0.05) is 12.1 Å². The molecule has 2 heterocycles. The summed E-state index contributed by atoms with van der Waals surface area (Å²) >= 11 is 0. The first-order chi connectivity index (χ1) is 10.6. The van der Waals surface area contributed by atoms with Crippen LogP contribution in [0.25, 0.3) is 0 Å². The average molecular weight is 300 g/mol. The number of nitrogens with one attached hydrogen (secondary N) is 1. The molecule has 2 aromatic rings. The molecule has 0 aliphatic carbocycles. The molecule has 2 amide bonds. The van der Waals surface area contributed by atoms with E-state index in [1.165, 1.54) is 18.2 Å². The van der Waals surface area contributed by atoms with Crippen LogP contribution in [0, 0.1) is 6.92 Å². The molecule has 1 aliphatic heterocycles. The van der Waals surface area contributed by atoms with E-state index < -0.39 is 6.10 Å². The van der Waals surface area contributed by atoms with Crippen molar-refractivity contribution in [3.05, 3.63) is 47.9 Å². The van der Waals surface area contributed by atoms with E-state index in [-0.39, 0.29) is 24.1 Å². The van der Waals surface area contributed by atoms with Crippen molar-refractivity contribution in [3.8, 4) is 5.75 Å². The normalized spacial score (nSPS) is 16.6. The lowest BCUT2D eigenvalue weighted by Crippen LogP contribution is -2.50. The number of amides is 2. The van der Waals surface area contributed by atoms with Gasteiger partial charge in [-0.05, 0) is 25.1 Å². The molecule has 1 aliphatic rings. The van der Waals surface area contributed by atoms with Crippen molar-refractivity contribution in [2.45, 2.75) is 13.0 Å². The van der Waals surface area contributed by atoms with Crippen LogP contribution in [0.15, 0.2) is 41.0 Å². The first-order valence-corrected chi connectivity index (χ1v) is 6.95. The van der Waals surface area contributed by atoms with Crippen LogP contribution in [0.2, 0.25) is 0 Å². The molecule has 1 atom stereocenters. The third-order valence-corrected chi connectivity index (χ3v) is 3.61. The quantitative estimate of drug-likeness (QED) is 0.917. The van der Waals surface area contributed by atoms with Crippen LogP contribution < -0.4 is 15.0 Å². The number of furan rings is 1. The summed E-state index contributed by atoms with van der Waals surface area (Å²) in [7, 11) is 1.54. The number of aryl methyl sites for hydroxylation is 1. The second-order valence-electron chi connectivity index (χ2n) is 5.04. The lowest BCUT2D eigenvalue weighted by Gasteiger charge is -2.33. The summed E-state index contributed by atoms with van der Waals surface area (Å²) in [6.45, 7) is 1.94. The minimum Gasteiger partial charge on any atom is -0.477 e. The molecule has 0 saturated heterocycles. The maximum Gasteiger partial charge on any atom is 0.294 e. The second-order valence-corrected chi connectivity index (χ2v) is 5.04. The van der Waals surface area contributed by atoms with Crippen molar-refractivity contribution in [2.24, 2.45) is 0 Å². The van der Waals surface area contributed by atoms with Gasteiger partial charge in [0.25, 0.3) is 11.8 Å². The van der Waals surface area contributed by atoms with Gasteiger partial charge in [-0.15, -0.1) is 0 Å². The molecule has 1 N–H and O–H groups in total. The second kappa shape index (κ2) is 5.55. The Balaban J connectivity index is 2.00. The van der Waals surface area contributed by atoms with E-state index in [9.17, 15) is 9.59 Å². The summed E-state index contributed by atoms with van der Waals surface area (Å²) in [6, 6.07) is 8.87. The molecule has 0 fully saturated rings. The highest BCUT2D eigenvalue weighted by atomic mass is 16.5. The van der Waals surface area contributed by atoms with Crippen LogP contribution in [0.4, 0.5) is 5.69 Å². The largest absolute Gasteiger partial charge is 0.477 e. The highest BCUT2D eigenvalue weighted by Gasteiger charge is 2.35. The highest BCUT2D eigenvalue weighted by molar-refractivity contribution is 6.07. The minimum absolute atomic E-state index is 0.135. The number of likely N-dealkylation sites (N-methyl/N-ethyl adjacent to an activating group) is 1. The highest BCUT2D eigenvalue weighted by Crippen LogP contribution is 2.34. The summed E-state index contributed by atoms with van der Waals surface area (Å²) in [5.41, 5.74) is 1.38. The number of ether oxygens (including phenoxy) is 1. The van der Waals surface area contributed by atoms with Gasteiger partial charge >= 0.3 is 0 Å². The Hall–Kier alpha value is -2.76. The summed E-state index contributed by atoms with van der Waals surface area (Å²) in [6.07, 6.45) is 0.727. The minimum atomic E-state index is -0.751. The first-order valence-electron chi connectivity index (χ1n) is 6.95. The summed E-state index contributed by atoms with van der Waals surface area (Å²) < 4.78 is 11.0. The molecule has 1 aromatic carbocycles. The number of hydrogen-bond acceptors (Lipinski definition) is 4.